The Morgan fingerprint density at radius 2 is 1.56 bits per heavy atom. The lowest BCUT2D eigenvalue weighted by atomic mass is 9.75. The van der Waals surface area contributed by atoms with Gasteiger partial charge in [-0.1, -0.05) is 46.4 Å². The van der Waals surface area contributed by atoms with Crippen LogP contribution in [0.25, 0.3) is 0 Å². The lowest BCUT2D eigenvalue weighted by Crippen LogP contribution is -2.55. The number of methoxy groups -OCH3 is 2. The van der Waals surface area contributed by atoms with Gasteiger partial charge in [0, 0.05) is 47.3 Å². The summed E-state index contributed by atoms with van der Waals surface area (Å²) in [6, 6.07) is 7.10. The van der Waals surface area contributed by atoms with Crippen LogP contribution < -0.4 is 10.2 Å². The molecule has 1 N–H and O–H groups in total. The third kappa shape index (κ3) is 2.98. The zero-order valence-corrected chi connectivity index (χ0v) is 22.0. The van der Waals surface area contributed by atoms with Crippen molar-refractivity contribution in [3.8, 4) is 0 Å². The SMILES string of the molecule is COC1(OC)CC2C3C(=O)N(c4cc(Cl)cc(Cl)c4)C(=O)C3C3(C(=O)Nc4c(Cl)cc(Cl)cc43)N2C1. The van der Waals surface area contributed by atoms with Crippen molar-refractivity contribution in [1.29, 1.82) is 0 Å². The smallest absolute Gasteiger partial charge is 0.250 e. The number of nitrogens with zero attached hydrogens (tertiary/aromatic N) is 2. The first kappa shape index (κ1) is 24.4. The van der Waals surface area contributed by atoms with Crippen molar-refractivity contribution in [3.05, 3.63) is 56.0 Å². The highest BCUT2D eigenvalue weighted by atomic mass is 35.5. The molecule has 4 heterocycles. The van der Waals surface area contributed by atoms with Gasteiger partial charge >= 0.3 is 0 Å². The number of carbonyl (C=O) groups is 3. The molecule has 1 spiro atoms. The van der Waals surface area contributed by atoms with E-state index in [0.717, 1.165) is 4.90 Å². The standard InChI is InChI=1S/C24H19Cl4N3O5/c1-35-23(36-2)8-16-17-18(21(33)31(20(17)32)13-4-10(25)3-11(26)5-13)24(30(16)9-23)14-6-12(27)7-15(28)19(14)29-22(24)34/h3-7,16-18H,8-9H2,1-2H3,(H,29,34). The Morgan fingerprint density at radius 3 is 2.19 bits per heavy atom. The highest BCUT2D eigenvalue weighted by Gasteiger charge is 2.77. The molecule has 4 aliphatic rings. The second kappa shape index (κ2) is 8.04. The van der Waals surface area contributed by atoms with Crippen LogP contribution in [0.3, 0.4) is 0 Å². The lowest BCUT2D eigenvalue weighted by molar-refractivity contribution is -0.201. The van der Waals surface area contributed by atoms with Crippen LogP contribution in [0.4, 0.5) is 11.4 Å². The summed E-state index contributed by atoms with van der Waals surface area (Å²) in [5, 5.41) is 3.93. The maximum atomic E-state index is 14.1. The lowest BCUT2D eigenvalue weighted by Gasteiger charge is -2.38. The molecule has 188 valence electrons. The maximum absolute atomic E-state index is 14.1. The minimum absolute atomic E-state index is 0.151. The van der Waals surface area contributed by atoms with Gasteiger partial charge in [0.05, 0.1) is 34.8 Å². The van der Waals surface area contributed by atoms with Gasteiger partial charge in [-0.15, -0.1) is 0 Å². The van der Waals surface area contributed by atoms with Gasteiger partial charge < -0.3 is 14.8 Å². The average molecular weight is 571 g/mol. The van der Waals surface area contributed by atoms with E-state index in [4.69, 9.17) is 55.9 Å². The van der Waals surface area contributed by atoms with Crippen LogP contribution in [-0.2, 0) is 29.4 Å². The molecule has 0 radical (unpaired) electrons. The number of ether oxygens (including phenoxy) is 2. The van der Waals surface area contributed by atoms with E-state index >= 15 is 0 Å². The van der Waals surface area contributed by atoms with E-state index in [1.54, 1.807) is 6.07 Å². The Bertz CT molecular complexity index is 1350. The topological polar surface area (TPSA) is 88.2 Å². The van der Waals surface area contributed by atoms with Crippen molar-refractivity contribution in [2.45, 2.75) is 23.8 Å². The Hall–Kier alpha value is -1.91. The minimum Gasteiger partial charge on any atom is -0.352 e. The quantitative estimate of drug-likeness (QED) is 0.436. The van der Waals surface area contributed by atoms with Gasteiger partial charge in [0.15, 0.2) is 5.79 Å². The second-order valence-electron chi connectivity index (χ2n) is 9.39. The molecule has 0 aromatic heterocycles. The highest BCUT2D eigenvalue weighted by Crippen LogP contribution is 2.63. The maximum Gasteiger partial charge on any atom is 0.250 e. The van der Waals surface area contributed by atoms with Gasteiger partial charge in [0.1, 0.15) is 5.54 Å². The largest absolute Gasteiger partial charge is 0.352 e. The first-order chi connectivity index (χ1) is 17.1. The zero-order chi connectivity index (χ0) is 25.7. The number of carbonyl (C=O) groups excluding carboxylic acids is 3. The summed E-state index contributed by atoms with van der Waals surface area (Å²) in [7, 11) is 3.02. The zero-order valence-electron chi connectivity index (χ0n) is 19.0. The van der Waals surface area contributed by atoms with Crippen LogP contribution in [0.1, 0.15) is 12.0 Å². The number of amides is 3. The Kier molecular flexibility index (Phi) is 5.46. The van der Waals surface area contributed by atoms with E-state index in [1.165, 1.54) is 38.5 Å². The normalized spacial score (nSPS) is 30.2. The van der Waals surface area contributed by atoms with Crippen molar-refractivity contribution in [2.24, 2.45) is 11.8 Å². The molecule has 4 atom stereocenters. The summed E-state index contributed by atoms with van der Waals surface area (Å²) in [4.78, 5) is 44.9. The Labute approximate surface area is 226 Å². The molecular formula is C24H19Cl4N3O5. The summed E-state index contributed by atoms with van der Waals surface area (Å²) in [6.45, 7) is 0.151. The number of nitrogens with one attached hydrogen (secondary N) is 1. The number of fused-ring (bicyclic) bond motifs is 7. The van der Waals surface area contributed by atoms with Crippen molar-refractivity contribution in [1.82, 2.24) is 4.90 Å². The van der Waals surface area contributed by atoms with Gasteiger partial charge in [-0.05, 0) is 30.3 Å². The van der Waals surface area contributed by atoms with Crippen molar-refractivity contribution in [3.63, 3.8) is 0 Å². The molecule has 36 heavy (non-hydrogen) atoms. The molecule has 3 saturated heterocycles. The molecule has 6 rings (SSSR count). The van der Waals surface area contributed by atoms with Crippen molar-refractivity contribution < 1.29 is 23.9 Å². The highest BCUT2D eigenvalue weighted by molar-refractivity contribution is 6.38. The van der Waals surface area contributed by atoms with E-state index in [0.29, 0.717) is 16.3 Å². The van der Waals surface area contributed by atoms with E-state index < -0.39 is 46.9 Å². The van der Waals surface area contributed by atoms with Gasteiger partial charge in [-0.25, -0.2) is 4.90 Å². The van der Waals surface area contributed by atoms with Gasteiger partial charge in [-0.2, -0.15) is 0 Å². The van der Waals surface area contributed by atoms with Crippen LogP contribution in [0.5, 0.6) is 0 Å². The molecular weight excluding hydrogens is 552 g/mol. The minimum atomic E-state index is -1.55. The van der Waals surface area contributed by atoms with E-state index in [2.05, 4.69) is 5.32 Å². The molecule has 2 aromatic rings. The number of benzene rings is 2. The third-order valence-corrected chi connectivity index (χ3v) is 8.85. The molecule has 3 amide bonds. The summed E-state index contributed by atoms with van der Waals surface area (Å²) in [5.41, 5.74) is -0.508. The molecule has 0 saturated carbocycles. The number of hydrogen-bond acceptors (Lipinski definition) is 6. The van der Waals surface area contributed by atoms with Crippen LogP contribution in [0.2, 0.25) is 20.1 Å². The van der Waals surface area contributed by atoms with Gasteiger partial charge in [0.25, 0.3) is 5.91 Å². The first-order valence-electron chi connectivity index (χ1n) is 11.1. The molecule has 4 aliphatic heterocycles. The van der Waals surface area contributed by atoms with E-state index in [9.17, 15) is 14.4 Å². The number of rotatable bonds is 3. The monoisotopic (exact) mass is 569 g/mol. The van der Waals surface area contributed by atoms with Crippen LogP contribution in [0.15, 0.2) is 30.3 Å². The third-order valence-electron chi connectivity index (χ3n) is 7.90. The molecule has 3 fully saturated rings. The second-order valence-corrected chi connectivity index (χ2v) is 11.1. The number of halogens is 4. The molecule has 4 unspecified atom stereocenters. The molecule has 12 heteroatoms. The van der Waals surface area contributed by atoms with Gasteiger partial charge in [-0.3, -0.25) is 19.3 Å². The number of hydrogen-bond donors (Lipinski definition) is 1. The number of anilines is 2. The summed E-state index contributed by atoms with van der Waals surface area (Å²) < 4.78 is 11.4. The van der Waals surface area contributed by atoms with Crippen molar-refractivity contribution in [2.75, 3.05) is 31.0 Å². The summed E-state index contributed by atoms with van der Waals surface area (Å²) >= 11 is 25.2. The summed E-state index contributed by atoms with van der Waals surface area (Å²) in [6.07, 6.45) is 0.267. The molecule has 8 nitrogen and oxygen atoms in total. The molecule has 0 aliphatic carbocycles. The fraction of sp³-hybridized carbons (Fsp3) is 0.375. The van der Waals surface area contributed by atoms with Crippen molar-refractivity contribution >= 4 is 75.5 Å². The van der Waals surface area contributed by atoms with E-state index in [1.807, 2.05) is 4.90 Å². The predicted molar refractivity (Wildman–Crippen MR) is 135 cm³/mol. The average Bonchev–Trinajstić information content (AvgIpc) is 3.48. The molecule has 0 bridgehead atoms. The Balaban J connectivity index is 1.59. The number of imide groups is 1. The van der Waals surface area contributed by atoms with Crippen LogP contribution >= 0.6 is 46.4 Å². The fourth-order valence-electron chi connectivity index (χ4n) is 6.50. The predicted octanol–water partition coefficient (Wildman–Crippen LogP) is 4.33. The van der Waals surface area contributed by atoms with Gasteiger partial charge in [0.2, 0.25) is 11.8 Å². The first-order valence-corrected chi connectivity index (χ1v) is 12.6. The molecule has 2 aromatic carbocycles. The van der Waals surface area contributed by atoms with Crippen LogP contribution in [0, 0.1) is 11.8 Å². The fourth-order valence-corrected chi connectivity index (χ4v) is 7.56. The summed E-state index contributed by atoms with van der Waals surface area (Å²) in [5.74, 6) is -4.43. The Morgan fingerprint density at radius 1 is 0.917 bits per heavy atom. The van der Waals surface area contributed by atoms with E-state index in [-0.39, 0.29) is 33.7 Å². The van der Waals surface area contributed by atoms with Crippen LogP contribution in [-0.4, -0.2) is 55.2 Å².